The largest absolute Gasteiger partial charge is 0.383 e. The molecule has 0 amide bonds. The lowest BCUT2D eigenvalue weighted by Gasteiger charge is -2.25. The van der Waals surface area contributed by atoms with E-state index in [0.29, 0.717) is 23.9 Å². The third-order valence-electron chi connectivity index (χ3n) is 3.68. The van der Waals surface area contributed by atoms with E-state index in [1.54, 1.807) is 11.8 Å². The summed E-state index contributed by atoms with van der Waals surface area (Å²) in [7, 11) is 1.62. The Bertz CT molecular complexity index is 439. The van der Waals surface area contributed by atoms with Gasteiger partial charge in [-0.25, -0.2) is 0 Å². The molecule has 19 heavy (non-hydrogen) atoms. The van der Waals surface area contributed by atoms with E-state index in [9.17, 15) is 4.79 Å². The number of halogens is 1. The molecular weight excluding hydrogens is 266 g/mol. The molecule has 0 aliphatic heterocycles. The summed E-state index contributed by atoms with van der Waals surface area (Å²) in [6, 6.07) is 0.234. The molecule has 6 heteroatoms. The number of aromatic nitrogens is 2. The van der Waals surface area contributed by atoms with Gasteiger partial charge in [-0.2, -0.15) is 5.10 Å². The second kappa shape index (κ2) is 6.50. The van der Waals surface area contributed by atoms with Crippen molar-refractivity contribution in [2.75, 3.05) is 13.7 Å². The predicted octanol–water partition coefficient (Wildman–Crippen LogP) is 1.88. The molecule has 2 rings (SSSR count). The van der Waals surface area contributed by atoms with Crippen LogP contribution in [-0.2, 0) is 11.3 Å². The molecule has 2 N–H and O–H groups in total. The van der Waals surface area contributed by atoms with Crippen LogP contribution in [-0.4, -0.2) is 35.3 Å². The normalized spacial score (nSPS) is 23.5. The lowest BCUT2D eigenvalue weighted by Crippen LogP contribution is -2.31. The number of carbonyl (C=O) groups is 1. The van der Waals surface area contributed by atoms with Gasteiger partial charge in [0.2, 0.25) is 0 Å². The van der Waals surface area contributed by atoms with Crippen LogP contribution < -0.4 is 5.73 Å². The summed E-state index contributed by atoms with van der Waals surface area (Å²) in [4.78, 5) is 12.5. The van der Waals surface area contributed by atoms with Gasteiger partial charge in [-0.3, -0.25) is 9.48 Å². The number of ketones is 1. The van der Waals surface area contributed by atoms with E-state index in [2.05, 4.69) is 5.10 Å². The molecule has 0 radical (unpaired) electrons. The number of methoxy groups -OCH3 is 1. The van der Waals surface area contributed by atoms with Crippen molar-refractivity contribution in [3.05, 3.63) is 16.9 Å². The molecule has 0 spiro atoms. The number of nitrogens with two attached hydrogens (primary N) is 1. The van der Waals surface area contributed by atoms with E-state index in [-0.39, 0.29) is 17.7 Å². The van der Waals surface area contributed by atoms with E-state index >= 15 is 0 Å². The number of nitrogens with zero attached hydrogens (tertiary/aromatic N) is 2. The topological polar surface area (TPSA) is 70.1 Å². The van der Waals surface area contributed by atoms with Gasteiger partial charge < -0.3 is 10.5 Å². The second-order valence-corrected chi connectivity index (χ2v) is 5.44. The molecule has 0 bridgehead atoms. The van der Waals surface area contributed by atoms with Crippen LogP contribution in [0.5, 0.6) is 0 Å². The Hall–Kier alpha value is -0.910. The SMILES string of the molecule is COCCn1ncc(Cl)c1C(=O)C1CCC(N)CC1. The summed E-state index contributed by atoms with van der Waals surface area (Å²) in [5, 5.41) is 4.57. The monoisotopic (exact) mass is 285 g/mol. The minimum Gasteiger partial charge on any atom is -0.383 e. The standard InChI is InChI=1S/C13H20ClN3O2/c1-19-7-6-17-12(11(14)8-16-17)13(18)9-2-4-10(15)5-3-9/h8-10H,2-7,15H2,1H3. The fourth-order valence-corrected chi connectivity index (χ4v) is 2.76. The fourth-order valence-electron chi connectivity index (χ4n) is 2.53. The van der Waals surface area contributed by atoms with Gasteiger partial charge >= 0.3 is 0 Å². The van der Waals surface area contributed by atoms with Gasteiger partial charge in [-0.05, 0) is 25.7 Å². The smallest absolute Gasteiger partial charge is 0.185 e. The molecule has 1 saturated carbocycles. The molecule has 1 aromatic heterocycles. The molecule has 0 unspecified atom stereocenters. The minimum absolute atomic E-state index is 0.0234. The minimum atomic E-state index is 0.0234. The van der Waals surface area contributed by atoms with Gasteiger partial charge in [-0.15, -0.1) is 0 Å². The van der Waals surface area contributed by atoms with Crippen LogP contribution in [0.3, 0.4) is 0 Å². The molecule has 0 atom stereocenters. The lowest BCUT2D eigenvalue weighted by atomic mass is 9.83. The van der Waals surface area contributed by atoms with E-state index in [4.69, 9.17) is 22.1 Å². The molecule has 1 aliphatic rings. The van der Waals surface area contributed by atoms with Crippen molar-refractivity contribution in [2.24, 2.45) is 11.7 Å². The van der Waals surface area contributed by atoms with E-state index < -0.39 is 0 Å². The number of hydrogen-bond acceptors (Lipinski definition) is 4. The highest BCUT2D eigenvalue weighted by atomic mass is 35.5. The first-order valence-electron chi connectivity index (χ1n) is 6.63. The first-order chi connectivity index (χ1) is 9.13. The Balaban J connectivity index is 2.11. The summed E-state index contributed by atoms with van der Waals surface area (Å²) in [5.41, 5.74) is 6.38. The van der Waals surface area contributed by atoms with Crippen molar-refractivity contribution >= 4 is 17.4 Å². The number of ether oxygens (including phenoxy) is 1. The Morgan fingerprint density at radius 2 is 2.21 bits per heavy atom. The molecule has 0 aromatic carbocycles. The van der Waals surface area contributed by atoms with Gasteiger partial charge in [0.15, 0.2) is 5.78 Å². The van der Waals surface area contributed by atoms with Crippen molar-refractivity contribution in [2.45, 2.75) is 38.3 Å². The quantitative estimate of drug-likeness (QED) is 0.839. The first-order valence-corrected chi connectivity index (χ1v) is 7.01. The third kappa shape index (κ3) is 3.35. The molecule has 1 fully saturated rings. The Morgan fingerprint density at radius 1 is 1.53 bits per heavy atom. The fraction of sp³-hybridized carbons (Fsp3) is 0.692. The van der Waals surface area contributed by atoms with Gasteiger partial charge in [0, 0.05) is 19.1 Å². The summed E-state index contributed by atoms with van der Waals surface area (Å²) in [6.07, 6.45) is 5.01. The number of rotatable bonds is 5. The number of carbonyl (C=O) groups excluding carboxylic acids is 1. The Morgan fingerprint density at radius 3 is 2.84 bits per heavy atom. The number of Topliss-reactive ketones (excluding diaryl/α,β-unsaturated/α-hetero) is 1. The summed E-state index contributed by atoms with van der Waals surface area (Å²) in [6.45, 7) is 1.05. The van der Waals surface area contributed by atoms with Crippen LogP contribution in [0.4, 0.5) is 0 Å². The predicted molar refractivity (Wildman–Crippen MR) is 73.4 cm³/mol. The maximum absolute atomic E-state index is 12.5. The number of hydrogen-bond donors (Lipinski definition) is 1. The van der Waals surface area contributed by atoms with Gasteiger partial charge in [0.1, 0.15) is 5.69 Å². The zero-order valence-corrected chi connectivity index (χ0v) is 11.9. The van der Waals surface area contributed by atoms with Crippen LogP contribution in [0.25, 0.3) is 0 Å². The zero-order valence-electron chi connectivity index (χ0n) is 11.1. The van der Waals surface area contributed by atoms with Crippen LogP contribution in [0, 0.1) is 5.92 Å². The molecule has 106 valence electrons. The molecule has 1 aliphatic carbocycles. The van der Waals surface area contributed by atoms with Crippen molar-refractivity contribution in [3.63, 3.8) is 0 Å². The van der Waals surface area contributed by atoms with E-state index in [1.807, 2.05) is 0 Å². The summed E-state index contributed by atoms with van der Waals surface area (Å²) < 4.78 is 6.66. The first kappa shape index (κ1) is 14.5. The van der Waals surface area contributed by atoms with Gasteiger partial charge in [-0.1, -0.05) is 11.6 Å². The van der Waals surface area contributed by atoms with Gasteiger partial charge in [0.05, 0.1) is 24.4 Å². The average Bonchev–Trinajstić information content (AvgIpc) is 2.77. The van der Waals surface area contributed by atoms with Crippen LogP contribution in [0.15, 0.2) is 6.20 Å². The van der Waals surface area contributed by atoms with Crippen molar-refractivity contribution < 1.29 is 9.53 Å². The average molecular weight is 286 g/mol. The van der Waals surface area contributed by atoms with Crippen LogP contribution in [0.1, 0.15) is 36.2 Å². The molecular formula is C13H20ClN3O2. The van der Waals surface area contributed by atoms with Gasteiger partial charge in [0.25, 0.3) is 0 Å². The molecule has 0 saturated heterocycles. The van der Waals surface area contributed by atoms with Crippen molar-refractivity contribution in [3.8, 4) is 0 Å². The second-order valence-electron chi connectivity index (χ2n) is 5.03. The Labute approximate surface area is 118 Å². The summed E-state index contributed by atoms with van der Waals surface area (Å²) in [5.74, 6) is 0.112. The molecule has 5 nitrogen and oxygen atoms in total. The van der Waals surface area contributed by atoms with Crippen molar-refractivity contribution in [1.82, 2.24) is 9.78 Å². The molecule has 1 heterocycles. The van der Waals surface area contributed by atoms with Crippen LogP contribution >= 0.6 is 11.6 Å². The third-order valence-corrected chi connectivity index (χ3v) is 3.95. The summed E-state index contributed by atoms with van der Waals surface area (Å²) >= 11 is 6.10. The maximum atomic E-state index is 12.5. The molecule has 1 aromatic rings. The zero-order chi connectivity index (χ0) is 13.8. The van der Waals surface area contributed by atoms with E-state index in [0.717, 1.165) is 25.7 Å². The highest BCUT2D eigenvalue weighted by Gasteiger charge is 2.29. The lowest BCUT2D eigenvalue weighted by molar-refractivity contribution is 0.0870. The Kier molecular flexibility index (Phi) is 4.96. The van der Waals surface area contributed by atoms with Crippen molar-refractivity contribution in [1.29, 1.82) is 0 Å². The van der Waals surface area contributed by atoms with Crippen LogP contribution in [0.2, 0.25) is 5.02 Å². The van der Waals surface area contributed by atoms with E-state index in [1.165, 1.54) is 6.20 Å². The highest BCUT2D eigenvalue weighted by Crippen LogP contribution is 2.28. The maximum Gasteiger partial charge on any atom is 0.185 e. The highest BCUT2D eigenvalue weighted by molar-refractivity contribution is 6.33.